The molecule has 0 aliphatic heterocycles. The first-order chi connectivity index (χ1) is 7.34. The van der Waals surface area contributed by atoms with Gasteiger partial charge in [-0.1, -0.05) is 13.0 Å². The number of aromatic nitrogens is 1. The molecule has 1 heterocycles. The van der Waals surface area contributed by atoms with Gasteiger partial charge in [-0.3, -0.25) is 0 Å². The summed E-state index contributed by atoms with van der Waals surface area (Å²) in [6.45, 7) is 9.69. The van der Waals surface area contributed by atoms with E-state index in [1.807, 2.05) is 17.7 Å². The second kappa shape index (κ2) is 7.56. The van der Waals surface area contributed by atoms with Gasteiger partial charge in [-0.2, -0.15) is 0 Å². The van der Waals surface area contributed by atoms with Crippen molar-refractivity contribution in [3.05, 3.63) is 29.2 Å². The van der Waals surface area contributed by atoms with Crippen LogP contribution in [-0.2, 0) is 0 Å². The van der Waals surface area contributed by atoms with Crippen LogP contribution in [0.15, 0.2) is 24.2 Å². The molecule has 0 saturated carbocycles. The Bertz CT molecular complexity index is 259. The van der Waals surface area contributed by atoms with E-state index in [0.29, 0.717) is 5.92 Å². The minimum atomic E-state index is 0.504. The van der Waals surface area contributed by atoms with Gasteiger partial charge in [0.15, 0.2) is 0 Å². The minimum absolute atomic E-state index is 0.504. The second-order valence-corrected chi connectivity index (χ2v) is 4.39. The Morgan fingerprint density at radius 1 is 1.53 bits per heavy atom. The molecule has 1 atom stereocenters. The van der Waals surface area contributed by atoms with E-state index in [0.717, 1.165) is 26.2 Å². The molecule has 1 aromatic heterocycles. The Balaban J connectivity index is 2.02. The van der Waals surface area contributed by atoms with Crippen molar-refractivity contribution in [1.82, 2.24) is 15.6 Å². The molecule has 2 N–H and O–H groups in total. The molecule has 0 radical (unpaired) electrons. The maximum absolute atomic E-state index is 4.29. The van der Waals surface area contributed by atoms with Crippen LogP contribution < -0.4 is 10.6 Å². The summed E-state index contributed by atoms with van der Waals surface area (Å²) in [5.74, 6) is 0.504. The normalized spacial score (nSPS) is 12.6. The lowest BCUT2D eigenvalue weighted by Gasteiger charge is -2.09. The Morgan fingerprint density at radius 2 is 2.33 bits per heavy atom. The Morgan fingerprint density at radius 3 is 3.00 bits per heavy atom. The molecule has 0 aromatic carbocycles. The van der Waals surface area contributed by atoms with E-state index in [9.17, 15) is 0 Å². The van der Waals surface area contributed by atoms with Gasteiger partial charge in [0.2, 0.25) is 0 Å². The maximum atomic E-state index is 4.29. The molecule has 1 rings (SSSR count). The van der Waals surface area contributed by atoms with Crippen molar-refractivity contribution in [2.24, 2.45) is 0 Å². The van der Waals surface area contributed by atoms with Crippen molar-refractivity contribution < 1.29 is 0 Å². The first kappa shape index (κ1) is 12.4. The van der Waals surface area contributed by atoms with E-state index in [-0.39, 0.29) is 0 Å². The fourth-order valence-corrected chi connectivity index (χ4v) is 1.96. The fourth-order valence-electron chi connectivity index (χ4n) is 1.26. The molecule has 1 unspecified atom stereocenters. The zero-order valence-electron chi connectivity index (χ0n) is 9.20. The monoisotopic (exact) mass is 225 g/mol. The van der Waals surface area contributed by atoms with E-state index in [2.05, 4.69) is 29.1 Å². The van der Waals surface area contributed by atoms with E-state index in [1.165, 1.54) is 5.01 Å². The van der Waals surface area contributed by atoms with Crippen LogP contribution in [0.25, 0.3) is 0 Å². The molecular formula is C11H19N3S. The standard InChI is InChI=1S/C11H19N3S/c1-3-4-12-5-6-13-9-10(2)11-14-7-8-15-11/h3,7-8,10,12-13H,1,4-6,9H2,2H3. The Hall–Kier alpha value is -0.710. The number of nitrogens with zero attached hydrogens (tertiary/aromatic N) is 1. The van der Waals surface area contributed by atoms with E-state index in [1.54, 1.807) is 11.3 Å². The first-order valence-electron chi connectivity index (χ1n) is 5.26. The van der Waals surface area contributed by atoms with Gasteiger partial charge in [0.1, 0.15) is 0 Å². The van der Waals surface area contributed by atoms with Gasteiger partial charge >= 0.3 is 0 Å². The number of hydrogen-bond acceptors (Lipinski definition) is 4. The van der Waals surface area contributed by atoms with Crippen LogP contribution >= 0.6 is 11.3 Å². The summed E-state index contributed by atoms with van der Waals surface area (Å²) in [4.78, 5) is 4.29. The summed E-state index contributed by atoms with van der Waals surface area (Å²) in [5.41, 5.74) is 0. The van der Waals surface area contributed by atoms with Gasteiger partial charge in [0.05, 0.1) is 5.01 Å². The summed E-state index contributed by atoms with van der Waals surface area (Å²) in [5, 5.41) is 9.89. The molecule has 0 fully saturated rings. The molecule has 15 heavy (non-hydrogen) atoms. The number of hydrogen-bond donors (Lipinski definition) is 2. The average Bonchev–Trinajstić information content (AvgIpc) is 2.76. The number of rotatable bonds is 8. The molecular weight excluding hydrogens is 206 g/mol. The van der Waals surface area contributed by atoms with Gasteiger partial charge in [0.25, 0.3) is 0 Å². The number of thiazole rings is 1. The predicted molar refractivity (Wildman–Crippen MR) is 66.5 cm³/mol. The third-order valence-corrected chi connectivity index (χ3v) is 3.10. The third kappa shape index (κ3) is 5.06. The molecule has 0 saturated heterocycles. The highest BCUT2D eigenvalue weighted by Gasteiger charge is 2.06. The lowest BCUT2D eigenvalue weighted by molar-refractivity contribution is 0.589. The molecule has 84 valence electrons. The van der Waals surface area contributed by atoms with Crippen molar-refractivity contribution in [2.75, 3.05) is 26.2 Å². The van der Waals surface area contributed by atoms with Gasteiger partial charge in [-0.25, -0.2) is 4.98 Å². The fraction of sp³-hybridized carbons (Fsp3) is 0.545. The molecule has 0 aliphatic carbocycles. The third-order valence-electron chi connectivity index (χ3n) is 2.09. The van der Waals surface area contributed by atoms with Crippen molar-refractivity contribution in [1.29, 1.82) is 0 Å². The summed E-state index contributed by atoms with van der Waals surface area (Å²) in [6.07, 6.45) is 3.74. The molecule has 0 aliphatic rings. The van der Waals surface area contributed by atoms with Crippen molar-refractivity contribution >= 4 is 11.3 Å². The van der Waals surface area contributed by atoms with Crippen LogP contribution in [0.5, 0.6) is 0 Å². The van der Waals surface area contributed by atoms with Crippen LogP contribution in [0.4, 0.5) is 0 Å². The molecule has 0 spiro atoms. The predicted octanol–water partition coefficient (Wildman–Crippen LogP) is 1.61. The molecule has 4 heteroatoms. The number of nitrogens with one attached hydrogen (secondary N) is 2. The van der Waals surface area contributed by atoms with Gasteiger partial charge in [-0.05, 0) is 0 Å². The Kier molecular flexibility index (Phi) is 6.23. The van der Waals surface area contributed by atoms with E-state index in [4.69, 9.17) is 0 Å². The van der Waals surface area contributed by atoms with Crippen LogP contribution in [0.1, 0.15) is 17.8 Å². The molecule has 1 aromatic rings. The quantitative estimate of drug-likeness (QED) is 0.521. The van der Waals surface area contributed by atoms with Crippen molar-refractivity contribution in [3.8, 4) is 0 Å². The first-order valence-corrected chi connectivity index (χ1v) is 6.14. The van der Waals surface area contributed by atoms with Crippen molar-refractivity contribution in [2.45, 2.75) is 12.8 Å². The topological polar surface area (TPSA) is 37.0 Å². The lowest BCUT2D eigenvalue weighted by Crippen LogP contribution is -2.29. The van der Waals surface area contributed by atoms with Crippen LogP contribution in [-0.4, -0.2) is 31.2 Å². The van der Waals surface area contributed by atoms with Crippen molar-refractivity contribution in [3.63, 3.8) is 0 Å². The zero-order valence-corrected chi connectivity index (χ0v) is 10.0. The highest BCUT2D eigenvalue weighted by molar-refractivity contribution is 7.09. The molecule has 3 nitrogen and oxygen atoms in total. The van der Waals surface area contributed by atoms with Gasteiger partial charge in [-0.15, -0.1) is 17.9 Å². The van der Waals surface area contributed by atoms with Crippen LogP contribution in [0, 0.1) is 0 Å². The lowest BCUT2D eigenvalue weighted by atomic mass is 10.2. The van der Waals surface area contributed by atoms with Gasteiger partial charge < -0.3 is 10.6 Å². The highest BCUT2D eigenvalue weighted by atomic mass is 32.1. The second-order valence-electron chi connectivity index (χ2n) is 3.47. The van der Waals surface area contributed by atoms with Crippen LogP contribution in [0.2, 0.25) is 0 Å². The molecule has 0 amide bonds. The smallest absolute Gasteiger partial charge is 0.0965 e. The zero-order chi connectivity index (χ0) is 10.9. The van der Waals surface area contributed by atoms with E-state index >= 15 is 0 Å². The summed E-state index contributed by atoms with van der Waals surface area (Å²) < 4.78 is 0. The summed E-state index contributed by atoms with van der Waals surface area (Å²) in [6, 6.07) is 0. The minimum Gasteiger partial charge on any atom is -0.315 e. The summed E-state index contributed by atoms with van der Waals surface area (Å²) >= 11 is 1.72. The van der Waals surface area contributed by atoms with Gasteiger partial charge in [0, 0.05) is 43.7 Å². The largest absolute Gasteiger partial charge is 0.315 e. The van der Waals surface area contributed by atoms with Crippen LogP contribution in [0.3, 0.4) is 0 Å². The average molecular weight is 225 g/mol. The summed E-state index contributed by atoms with van der Waals surface area (Å²) in [7, 11) is 0. The van der Waals surface area contributed by atoms with E-state index < -0.39 is 0 Å². The maximum Gasteiger partial charge on any atom is 0.0965 e. The molecule has 0 bridgehead atoms. The highest BCUT2D eigenvalue weighted by Crippen LogP contribution is 2.15. The SMILES string of the molecule is C=CCNCCNCC(C)c1nccs1. The Labute approximate surface area is 95.6 Å².